The fourth-order valence-electron chi connectivity index (χ4n) is 3.74. The van der Waals surface area contributed by atoms with Gasteiger partial charge in [-0.05, 0) is 24.3 Å². The van der Waals surface area contributed by atoms with Crippen LogP contribution in [0.1, 0.15) is 46.2 Å². The molecule has 0 fully saturated rings. The molecule has 142 valence electrons. The molecule has 0 saturated heterocycles. The number of Topliss-reactive ketones (excluding diaryl/α,β-unsaturated/α-hetero) is 1. The molecular formula is C19H19N7OS. The van der Waals surface area contributed by atoms with E-state index in [1.807, 2.05) is 12.3 Å². The molecule has 4 rings (SSSR count). The van der Waals surface area contributed by atoms with E-state index < -0.39 is 0 Å². The van der Waals surface area contributed by atoms with Crippen molar-refractivity contribution in [3.05, 3.63) is 39.1 Å². The summed E-state index contributed by atoms with van der Waals surface area (Å²) in [5, 5.41) is 16.5. The lowest BCUT2D eigenvalue weighted by Crippen LogP contribution is -2.28. The molecule has 0 saturated carbocycles. The molecule has 1 aliphatic carbocycles. The van der Waals surface area contributed by atoms with Gasteiger partial charge in [-0.2, -0.15) is 10.4 Å². The number of hydrogen-bond acceptors (Lipinski definition) is 8. The Morgan fingerprint density at radius 2 is 2.21 bits per heavy atom. The van der Waals surface area contributed by atoms with Gasteiger partial charge in [0, 0.05) is 22.8 Å². The highest BCUT2D eigenvalue weighted by molar-refractivity contribution is 7.09. The molecule has 3 heterocycles. The number of thiazole rings is 1. The second-order valence-corrected chi connectivity index (χ2v) is 8.48. The number of nitrogen functional groups attached to an aromatic ring is 1. The van der Waals surface area contributed by atoms with Gasteiger partial charge >= 0.3 is 0 Å². The van der Waals surface area contributed by atoms with E-state index in [0.717, 1.165) is 21.8 Å². The summed E-state index contributed by atoms with van der Waals surface area (Å²) in [5.74, 6) is 0.0427. The Hall–Kier alpha value is -3.12. The van der Waals surface area contributed by atoms with Gasteiger partial charge in [0.1, 0.15) is 17.2 Å². The first-order valence-corrected chi connectivity index (χ1v) is 9.72. The third kappa shape index (κ3) is 2.96. The van der Waals surface area contributed by atoms with Crippen LogP contribution in [0.4, 0.5) is 5.95 Å². The molecule has 0 radical (unpaired) electrons. The third-order valence-electron chi connectivity index (χ3n) is 4.83. The molecule has 1 aliphatic rings. The standard InChI is InChI=1S/C19H19N7OS/c1-10-9-28-13(23-10)6-12(27)16-14-17(26(25-16)5-4-20)15-11(7-19(14,2)3)8-22-18(21)24-15/h8-9H,5-7H2,1-3H3,(H2,21,22,24). The number of aryl methyl sites for hydroxylation is 1. The number of anilines is 1. The van der Waals surface area contributed by atoms with Crippen LogP contribution in [0.25, 0.3) is 11.4 Å². The van der Waals surface area contributed by atoms with E-state index >= 15 is 0 Å². The minimum absolute atomic E-state index is 0.0192. The Morgan fingerprint density at radius 1 is 1.43 bits per heavy atom. The first-order valence-electron chi connectivity index (χ1n) is 8.84. The highest BCUT2D eigenvalue weighted by Crippen LogP contribution is 2.44. The molecule has 8 nitrogen and oxygen atoms in total. The lowest BCUT2D eigenvalue weighted by Gasteiger charge is -2.31. The number of carbonyl (C=O) groups is 1. The Morgan fingerprint density at radius 3 is 2.89 bits per heavy atom. The quantitative estimate of drug-likeness (QED) is 0.675. The van der Waals surface area contributed by atoms with E-state index in [0.29, 0.717) is 23.5 Å². The number of ketones is 1. The van der Waals surface area contributed by atoms with Gasteiger partial charge in [0.15, 0.2) is 5.78 Å². The van der Waals surface area contributed by atoms with Crippen molar-refractivity contribution < 1.29 is 4.79 Å². The topological polar surface area (TPSA) is 123 Å². The zero-order valence-corrected chi connectivity index (χ0v) is 16.7. The predicted octanol–water partition coefficient (Wildman–Crippen LogP) is 2.47. The maximum Gasteiger partial charge on any atom is 0.220 e. The summed E-state index contributed by atoms with van der Waals surface area (Å²) in [6.07, 6.45) is 2.56. The van der Waals surface area contributed by atoms with Crippen molar-refractivity contribution in [2.45, 2.75) is 45.6 Å². The first kappa shape index (κ1) is 18.3. The minimum Gasteiger partial charge on any atom is -0.368 e. The minimum atomic E-state index is -0.362. The van der Waals surface area contributed by atoms with Crippen molar-refractivity contribution in [1.29, 1.82) is 5.26 Å². The Labute approximate surface area is 166 Å². The van der Waals surface area contributed by atoms with Crippen LogP contribution in [0.2, 0.25) is 0 Å². The second kappa shape index (κ2) is 6.49. The van der Waals surface area contributed by atoms with Gasteiger partial charge in [0.05, 0.1) is 23.9 Å². The van der Waals surface area contributed by atoms with E-state index in [4.69, 9.17) is 5.73 Å². The SMILES string of the molecule is Cc1csc(CC(=O)c2nn(CC#N)c3c2C(C)(C)Cc2cnc(N)nc2-3)n1. The smallest absolute Gasteiger partial charge is 0.220 e. The first-order chi connectivity index (χ1) is 13.3. The number of hydrogen-bond donors (Lipinski definition) is 1. The van der Waals surface area contributed by atoms with Crippen LogP contribution >= 0.6 is 11.3 Å². The Bertz CT molecular complexity index is 1140. The number of fused-ring (bicyclic) bond motifs is 3. The van der Waals surface area contributed by atoms with Crippen molar-refractivity contribution in [3.8, 4) is 17.5 Å². The molecule has 3 aromatic heterocycles. The fourth-order valence-corrected chi connectivity index (χ4v) is 4.51. The summed E-state index contributed by atoms with van der Waals surface area (Å²) in [6, 6.07) is 2.12. The number of rotatable bonds is 4. The summed E-state index contributed by atoms with van der Waals surface area (Å²) in [5.41, 5.74) is 9.79. The number of nitrogens with two attached hydrogens (primary N) is 1. The average molecular weight is 393 g/mol. The average Bonchev–Trinajstić information content (AvgIpc) is 3.20. The molecule has 0 aliphatic heterocycles. The summed E-state index contributed by atoms with van der Waals surface area (Å²) in [4.78, 5) is 26.0. The van der Waals surface area contributed by atoms with Crippen molar-refractivity contribution in [3.63, 3.8) is 0 Å². The summed E-state index contributed by atoms with van der Waals surface area (Å²) < 4.78 is 1.56. The normalized spacial score (nSPS) is 14.2. The van der Waals surface area contributed by atoms with Crippen LogP contribution in [0.5, 0.6) is 0 Å². The van der Waals surface area contributed by atoms with Gasteiger partial charge in [-0.1, -0.05) is 13.8 Å². The predicted molar refractivity (Wildman–Crippen MR) is 105 cm³/mol. The molecule has 0 aromatic carbocycles. The molecule has 0 bridgehead atoms. The van der Waals surface area contributed by atoms with E-state index in [1.165, 1.54) is 11.3 Å². The van der Waals surface area contributed by atoms with E-state index in [2.05, 4.69) is 40.0 Å². The van der Waals surface area contributed by atoms with E-state index in [-0.39, 0.29) is 30.1 Å². The number of carbonyl (C=O) groups excluding carboxylic acids is 1. The Balaban J connectivity index is 1.89. The molecule has 9 heteroatoms. The van der Waals surface area contributed by atoms with Gasteiger partial charge in [0.2, 0.25) is 5.95 Å². The van der Waals surface area contributed by atoms with Crippen LogP contribution in [0.15, 0.2) is 11.6 Å². The van der Waals surface area contributed by atoms with Crippen molar-refractivity contribution in [2.75, 3.05) is 5.73 Å². The maximum atomic E-state index is 13.1. The van der Waals surface area contributed by atoms with Gasteiger partial charge < -0.3 is 5.73 Å². The molecular weight excluding hydrogens is 374 g/mol. The Kier molecular flexibility index (Phi) is 4.23. The highest BCUT2D eigenvalue weighted by Gasteiger charge is 2.40. The summed E-state index contributed by atoms with van der Waals surface area (Å²) in [6.45, 7) is 6.05. The fraction of sp³-hybridized carbons (Fsp3) is 0.368. The van der Waals surface area contributed by atoms with Crippen molar-refractivity contribution >= 4 is 23.1 Å². The molecule has 0 atom stereocenters. The van der Waals surface area contributed by atoms with Crippen LogP contribution in [0, 0.1) is 18.3 Å². The lowest BCUT2D eigenvalue weighted by atomic mass is 9.72. The van der Waals surface area contributed by atoms with E-state index in [9.17, 15) is 10.1 Å². The largest absolute Gasteiger partial charge is 0.368 e. The molecule has 0 amide bonds. The molecule has 0 unspecified atom stereocenters. The van der Waals surface area contributed by atoms with Crippen LogP contribution in [-0.4, -0.2) is 30.5 Å². The summed E-state index contributed by atoms with van der Waals surface area (Å²) in [7, 11) is 0. The summed E-state index contributed by atoms with van der Waals surface area (Å²) >= 11 is 1.46. The monoisotopic (exact) mass is 393 g/mol. The maximum absolute atomic E-state index is 13.1. The number of aromatic nitrogens is 5. The molecule has 2 N–H and O–H groups in total. The second-order valence-electron chi connectivity index (χ2n) is 7.53. The van der Waals surface area contributed by atoms with Crippen LogP contribution in [0.3, 0.4) is 0 Å². The van der Waals surface area contributed by atoms with Gasteiger partial charge in [-0.3, -0.25) is 4.79 Å². The lowest BCUT2D eigenvalue weighted by molar-refractivity contribution is 0.0985. The zero-order chi connectivity index (χ0) is 20.1. The molecule has 3 aromatic rings. The van der Waals surface area contributed by atoms with Gasteiger partial charge in [-0.25, -0.2) is 19.6 Å². The van der Waals surface area contributed by atoms with Crippen molar-refractivity contribution in [2.24, 2.45) is 0 Å². The molecule has 28 heavy (non-hydrogen) atoms. The highest BCUT2D eigenvalue weighted by atomic mass is 32.1. The molecule has 0 spiro atoms. The van der Waals surface area contributed by atoms with Crippen LogP contribution < -0.4 is 5.73 Å². The van der Waals surface area contributed by atoms with Crippen molar-refractivity contribution in [1.82, 2.24) is 24.7 Å². The zero-order valence-electron chi connectivity index (χ0n) is 15.9. The number of nitriles is 1. The van der Waals surface area contributed by atoms with E-state index in [1.54, 1.807) is 10.9 Å². The third-order valence-corrected chi connectivity index (χ3v) is 5.80. The van der Waals surface area contributed by atoms with Gasteiger partial charge in [0.25, 0.3) is 0 Å². The number of nitrogens with zero attached hydrogens (tertiary/aromatic N) is 6. The van der Waals surface area contributed by atoms with Gasteiger partial charge in [-0.15, -0.1) is 11.3 Å². The van der Waals surface area contributed by atoms with Crippen LogP contribution in [-0.2, 0) is 24.8 Å².